The first-order valence-corrected chi connectivity index (χ1v) is 8.25. The quantitative estimate of drug-likeness (QED) is 0.498. The van der Waals surface area contributed by atoms with E-state index >= 15 is 0 Å². The Morgan fingerprint density at radius 2 is 1.36 bits per heavy atom. The molecule has 0 aromatic carbocycles. The Bertz CT molecular complexity index is 124. The van der Waals surface area contributed by atoms with E-state index in [0.29, 0.717) is 0 Å². The van der Waals surface area contributed by atoms with Gasteiger partial charge < -0.3 is 29.8 Å². The number of hydrogen-bond acceptors (Lipinski definition) is 0. The second kappa shape index (κ2) is 9.84. The van der Waals surface area contributed by atoms with E-state index in [9.17, 15) is 0 Å². The van der Waals surface area contributed by atoms with Crippen molar-refractivity contribution in [1.82, 2.24) is 0 Å². The van der Waals surface area contributed by atoms with Crippen LogP contribution in [0.3, 0.4) is 0 Å². The predicted molar refractivity (Wildman–Crippen MR) is 53.6 cm³/mol. The maximum Gasteiger partial charge on any atom is 3.00 e. The Labute approximate surface area is 121 Å². The van der Waals surface area contributed by atoms with Gasteiger partial charge in [0, 0.05) is 0 Å². The molecule has 0 spiro atoms. The van der Waals surface area contributed by atoms with Gasteiger partial charge in [0.25, 0.3) is 0 Å². The summed E-state index contributed by atoms with van der Waals surface area (Å²) in [6, 6.07) is 0.732. The summed E-state index contributed by atoms with van der Waals surface area (Å²) in [4.78, 5) is 4.91. The molecule has 1 aliphatic carbocycles. The van der Waals surface area contributed by atoms with Crippen LogP contribution in [0.25, 0.3) is 4.98 Å². The number of nitrogens with zero attached hydrogens (tertiary/aromatic N) is 1. The fourth-order valence-corrected chi connectivity index (χ4v) is 3.11. The fourth-order valence-electron chi connectivity index (χ4n) is 1.76. The smallest absolute Gasteiger partial charge is 1.00 e. The molecule has 14 heavy (non-hydrogen) atoms. The van der Waals surface area contributed by atoms with Gasteiger partial charge in [0.1, 0.15) is 0 Å². The fraction of sp³-hybridized carbons (Fsp3) is 1.00. The topological polar surface area (TPSA) is 14.1 Å². The molecule has 1 rings (SSSR count). The molecule has 5 heteroatoms. The van der Waals surface area contributed by atoms with Crippen LogP contribution in [0.2, 0.25) is 19.6 Å². The van der Waals surface area contributed by atoms with Crippen LogP contribution in [-0.4, -0.2) is 14.3 Å². The van der Waals surface area contributed by atoms with E-state index in [-0.39, 0.29) is 51.0 Å². The minimum atomic E-state index is -1.12. The van der Waals surface area contributed by atoms with Crippen LogP contribution < -0.4 is 24.8 Å². The zero-order valence-corrected chi connectivity index (χ0v) is 14.3. The minimum Gasteiger partial charge on any atom is -1.00 e. The van der Waals surface area contributed by atoms with E-state index in [0.717, 1.165) is 6.04 Å². The van der Waals surface area contributed by atoms with Crippen molar-refractivity contribution >= 4 is 8.24 Å². The summed E-state index contributed by atoms with van der Waals surface area (Å²) in [5.74, 6) is 0. The third kappa shape index (κ3) is 10.2. The summed E-state index contributed by atoms with van der Waals surface area (Å²) in [5.41, 5.74) is 0. The Balaban J connectivity index is -0.000000403. The molecular formula is C9H20Cl2NSiZr. The molecule has 0 N–H and O–H groups in total. The summed E-state index contributed by atoms with van der Waals surface area (Å²) in [5, 5.41) is 0. The van der Waals surface area contributed by atoms with Gasteiger partial charge in [0.15, 0.2) is 0 Å². The average molecular weight is 332 g/mol. The van der Waals surface area contributed by atoms with Crippen LogP contribution >= 0.6 is 0 Å². The zero-order chi connectivity index (χ0) is 8.32. The van der Waals surface area contributed by atoms with Gasteiger partial charge in [0.05, 0.1) is 0 Å². The summed E-state index contributed by atoms with van der Waals surface area (Å²) in [6.07, 6.45) is 7.00. The van der Waals surface area contributed by atoms with Gasteiger partial charge in [-0.25, -0.2) is 0 Å². The van der Waals surface area contributed by atoms with Gasteiger partial charge in [-0.3, -0.25) is 0 Å². The van der Waals surface area contributed by atoms with Crippen LogP contribution in [-0.2, 0) is 26.2 Å². The molecule has 0 aromatic heterocycles. The van der Waals surface area contributed by atoms with Crippen molar-refractivity contribution in [3.63, 3.8) is 0 Å². The van der Waals surface area contributed by atoms with Gasteiger partial charge in [-0.2, -0.15) is 0 Å². The first-order valence-electron chi connectivity index (χ1n) is 4.80. The van der Waals surface area contributed by atoms with Crippen LogP contribution in [0, 0.1) is 0 Å². The second-order valence-electron chi connectivity index (χ2n) is 4.59. The third-order valence-electron chi connectivity index (χ3n) is 2.14. The van der Waals surface area contributed by atoms with Crippen molar-refractivity contribution in [3.8, 4) is 0 Å². The van der Waals surface area contributed by atoms with Crippen molar-refractivity contribution in [1.29, 1.82) is 0 Å². The van der Waals surface area contributed by atoms with Gasteiger partial charge >= 0.3 is 26.2 Å². The van der Waals surface area contributed by atoms with Crippen LogP contribution in [0.1, 0.15) is 32.1 Å². The predicted octanol–water partition coefficient (Wildman–Crippen LogP) is -2.47. The summed E-state index contributed by atoms with van der Waals surface area (Å²) >= 11 is 0. The van der Waals surface area contributed by atoms with E-state index in [4.69, 9.17) is 4.98 Å². The normalized spacial score (nSPS) is 17.4. The Morgan fingerprint density at radius 1 is 0.929 bits per heavy atom. The van der Waals surface area contributed by atoms with E-state index < -0.39 is 8.24 Å². The van der Waals surface area contributed by atoms with Crippen LogP contribution in [0.5, 0.6) is 0 Å². The molecule has 0 atom stereocenters. The summed E-state index contributed by atoms with van der Waals surface area (Å²) in [7, 11) is -1.12. The Hall–Kier alpha value is 1.64. The monoisotopic (exact) mass is 330 g/mol. The number of halogens is 2. The second-order valence-corrected chi connectivity index (χ2v) is 9.19. The van der Waals surface area contributed by atoms with Gasteiger partial charge in [-0.05, 0) is 0 Å². The zero-order valence-electron chi connectivity index (χ0n) is 9.32. The summed E-state index contributed by atoms with van der Waals surface area (Å²) in [6.45, 7) is 7.00. The van der Waals surface area contributed by atoms with Crippen LogP contribution in [0.4, 0.5) is 0 Å². The van der Waals surface area contributed by atoms with Crippen LogP contribution in [0.15, 0.2) is 0 Å². The molecule has 0 aliphatic heterocycles. The maximum absolute atomic E-state index is 4.91. The molecule has 1 radical (unpaired) electrons. The van der Waals surface area contributed by atoms with Crippen molar-refractivity contribution < 1.29 is 51.0 Å². The molecule has 0 unspecified atom stereocenters. The van der Waals surface area contributed by atoms with E-state index in [2.05, 4.69) is 19.6 Å². The Morgan fingerprint density at radius 3 is 1.71 bits per heavy atom. The van der Waals surface area contributed by atoms with Gasteiger partial charge in [0.2, 0.25) is 0 Å². The first kappa shape index (κ1) is 21.0. The molecule has 0 aromatic rings. The first-order chi connectivity index (χ1) is 5.08. The average Bonchev–Trinajstić information content (AvgIpc) is 1.85. The molecule has 0 amide bonds. The number of hydrogen-bond donors (Lipinski definition) is 0. The molecule has 1 nitrogen and oxygen atoms in total. The molecule has 0 saturated heterocycles. The molecule has 1 saturated carbocycles. The largest absolute Gasteiger partial charge is 3.00 e. The maximum atomic E-state index is 4.91. The molecule has 83 valence electrons. The van der Waals surface area contributed by atoms with E-state index in [1.54, 1.807) is 0 Å². The minimum absolute atomic E-state index is 0. The molecule has 1 aliphatic rings. The van der Waals surface area contributed by atoms with Crippen molar-refractivity contribution in [3.05, 3.63) is 4.98 Å². The number of rotatable bonds is 2. The Kier molecular flexibility index (Phi) is 14.7. The van der Waals surface area contributed by atoms with Gasteiger partial charge in [-0.1, -0.05) is 60.0 Å². The molecule has 1 fully saturated rings. The van der Waals surface area contributed by atoms with Gasteiger partial charge in [-0.15, -0.1) is 6.04 Å². The third-order valence-corrected chi connectivity index (χ3v) is 3.28. The van der Waals surface area contributed by atoms with E-state index in [1.165, 1.54) is 32.1 Å². The molecule has 0 bridgehead atoms. The van der Waals surface area contributed by atoms with E-state index in [1.807, 2.05) is 0 Å². The summed E-state index contributed by atoms with van der Waals surface area (Å²) < 4.78 is 0. The van der Waals surface area contributed by atoms with Crippen molar-refractivity contribution in [2.75, 3.05) is 0 Å². The van der Waals surface area contributed by atoms with Crippen molar-refractivity contribution in [2.45, 2.75) is 57.8 Å². The van der Waals surface area contributed by atoms with Crippen molar-refractivity contribution in [2.24, 2.45) is 0 Å². The molecular weight excluding hydrogens is 312 g/mol. The standard InChI is InChI=1S/C9H20NSi.2ClH.Zr/c1-11(2,3)10-9-7-5-4-6-8-9;;;/h9H,4-8H2,1-3H3;2*1H;/q-1;;;+3/p-2. The SMILES string of the molecule is C[Si](C)(C)[N-]C1CCCCC1.[Cl-].[Cl-].[Zr+3]. The molecule has 0 heterocycles.